The monoisotopic (exact) mass is 214 g/mol. The van der Waals surface area contributed by atoms with Crippen LogP contribution in [0.1, 0.15) is 21.5 Å². The second-order valence-electron chi connectivity index (χ2n) is 2.95. The molecule has 1 aromatic rings. The molecule has 0 heterocycles. The van der Waals surface area contributed by atoms with Gasteiger partial charge in [-0.3, -0.25) is 0 Å². The summed E-state index contributed by atoms with van der Waals surface area (Å²) in [4.78, 5) is 10.6. The van der Waals surface area contributed by atoms with Gasteiger partial charge in [0.15, 0.2) is 0 Å². The van der Waals surface area contributed by atoms with Gasteiger partial charge in [-0.1, -0.05) is 6.07 Å². The van der Waals surface area contributed by atoms with Crippen LogP contribution in [0.5, 0.6) is 0 Å². The fourth-order valence-corrected chi connectivity index (χ4v) is 1.83. The van der Waals surface area contributed by atoms with Crippen molar-refractivity contribution in [2.45, 2.75) is 12.7 Å². The van der Waals surface area contributed by atoms with Crippen molar-refractivity contribution in [3.63, 3.8) is 0 Å². The second kappa shape index (κ2) is 4.46. The zero-order valence-electron chi connectivity index (χ0n) is 8.00. The van der Waals surface area contributed by atoms with E-state index in [4.69, 9.17) is 5.11 Å². The summed E-state index contributed by atoms with van der Waals surface area (Å²) in [5, 5.41) is 8.67. The van der Waals surface area contributed by atoms with E-state index in [0.29, 0.717) is 11.3 Å². The molecule has 1 aromatic carbocycles. The molecule has 0 saturated heterocycles. The molecule has 76 valence electrons. The maximum Gasteiger partial charge on any atom is 0.338 e. The van der Waals surface area contributed by atoms with Gasteiger partial charge in [0.25, 0.3) is 0 Å². The summed E-state index contributed by atoms with van der Waals surface area (Å²) in [5.41, 5.74) is 1.02. The van der Waals surface area contributed by atoms with E-state index in [-0.39, 0.29) is 5.56 Å². The summed E-state index contributed by atoms with van der Waals surface area (Å²) in [6.45, 7) is 1.60. The highest BCUT2D eigenvalue weighted by molar-refractivity contribution is 7.97. The Labute approximate surface area is 86.1 Å². The third-order valence-corrected chi connectivity index (χ3v) is 2.63. The predicted molar refractivity (Wildman–Crippen MR) is 55.3 cm³/mol. The number of thioether (sulfide) groups is 1. The van der Waals surface area contributed by atoms with Gasteiger partial charge in [-0.25, -0.2) is 9.18 Å². The molecule has 0 saturated carbocycles. The third kappa shape index (κ3) is 2.07. The zero-order valence-corrected chi connectivity index (χ0v) is 8.82. The highest BCUT2D eigenvalue weighted by atomic mass is 32.2. The van der Waals surface area contributed by atoms with Crippen molar-refractivity contribution in [2.75, 3.05) is 6.26 Å². The van der Waals surface area contributed by atoms with Crippen molar-refractivity contribution in [3.8, 4) is 0 Å². The molecule has 0 aromatic heterocycles. The van der Waals surface area contributed by atoms with E-state index in [1.54, 1.807) is 24.8 Å². The molecule has 0 atom stereocenters. The number of carboxylic acid groups (broad SMARTS) is 1. The van der Waals surface area contributed by atoms with Crippen LogP contribution in [0.2, 0.25) is 0 Å². The fourth-order valence-electron chi connectivity index (χ4n) is 1.20. The van der Waals surface area contributed by atoms with E-state index < -0.39 is 11.8 Å². The van der Waals surface area contributed by atoms with Gasteiger partial charge in [0.2, 0.25) is 0 Å². The minimum absolute atomic E-state index is 0.257. The Morgan fingerprint density at radius 3 is 2.71 bits per heavy atom. The van der Waals surface area contributed by atoms with Crippen molar-refractivity contribution in [1.82, 2.24) is 0 Å². The van der Waals surface area contributed by atoms with Gasteiger partial charge in [0, 0.05) is 5.75 Å². The molecule has 0 aliphatic heterocycles. The van der Waals surface area contributed by atoms with Gasteiger partial charge >= 0.3 is 5.97 Å². The molecule has 0 radical (unpaired) electrons. The number of hydrogen-bond donors (Lipinski definition) is 1. The van der Waals surface area contributed by atoms with E-state index in [2.05, 4.69) is 0 Å². The van der Waals surface area contributed by atoms with Gasteiger partial charge in [0.1, 0.15) is 5.82 Å². The Balaban J connectivity index is 3.19. The van der Waals surface area contributed by atoms with Crippen LogP contribution in [0.15, 0.2) is 12.1 Å². The first-order valence-corrected chi connectivity index (χ1v) is 5.47. The lowest BCUT2D eigenvalue weighted by Crippen LogP contribution is -2.04. The molecule has 1 rings (SSSR count). The van der Waals surface area contributed by atoms with E-state index >= 15 is 0 Å². The van der Waals surface area contributed by atoms with Gasteiger partial charge in [-0.15, -0.1) is 0 Å². The predicted octanol–water partition coefficient (Wildman–Crippen LogP) is 2.70. The van der Waals surface area contributed by atoms with Gasteiger partial charge in [-0.2, -0.15) is 11.8 Å². The summed E-state index contributed by atoms with van der Waals surface area (Å²) in [5.74, 6) is -1.15. The quantitative estimate of drug-likeness (QED) is 0.840. The van der Waals surface area contributed by atoms with Gasteiger partial charge in [-0.05, 0) is 30.4 Å². The number of carboxylic acids is 1. The Hall–Kier alpha value is -1.03. The molecule has 4 heteroatoms. The van der Waals surface area contributed by atoms with Crippen LogP contribution < -0.4 is 0 Å². The first-order chi connectivity index (χ1) is 6.57. The molecule has 0 fully saturated rings. The van der Waals surface area contributed by atoms with Crippen LogP contribution in [0.3, 0.4) is 0 Å². The first-order valence-electron chi connectivity index (χ1n) is 4.08. The minimum Gasteiger partial charge on any atom is -0.478 e. The molecule has 0 amide bonds. The first kappa shape index (κ1) is 11.0. The maximum atomic E-state index is 13.4. The van der Waals surface area contributed by atoms with E-state index in [1.807, 2.05) is 6.26 Å². The topological polar surface area (TPSA) is 37.3 Å². The maximum absolute atomic E-state index is 13.4. The lowest BCUT2D eigenvalue weighted by atomic mass is 10.1. The summed E-state index contributed by atoms with van der Waals surface area (Å²) in [6.07, 6.45) is 1.92. The molecular weight excluding hydrogens is 203 g/mol. The van der Waals surface area contributed by atoms with E-state index in [0.717, 1.165) is 5.56 Å². The van der Waals surface area contributed by atoms with Crippen LogP contribution in [0.4, 0.5) is 4.39 Å². The fraction of sp³-hybridized carbons (Fsp3) is 0.300. The van der Waals surface area contributed by atoms with Crippen molar-refractivity contribution >= 4 is 17.7 Å². The van der Waals surface area contributed by atoms with E-state index in [9.17, 15) is 9.18 Å². The number of aromatic carboxylic acids is 1. The van der Waals surface area contributed by atoms with E-state index in [1.165, 1.54) is 6.07 Å². The van der Waals surface area contributed by atoms with Crippen LogP contribution in [0.25, 0.3) is 0 Å². The molecule has 0 unspecified atom stereocenters. The van der Waals surface area contributed by atoms with Gasteiger partial charge in [0.05, 0.1) is 5.56 Å². The molecule has 0 spiro atoms. The largest absolute Gasteiger partial charge is 0.478 e. The highest BCUT2D eigenvalue weighted by Gasteiger charge is 2.14. The Bertz CT molecular complexity index is 363. The van der Waals surface area contributed by atoms with Crippen LogP contribution >= 0.6 is 11.8 Å². The number of hydrogen-bond acceptors (Lipinski definition) is 2. The highest BCUT2D eigenvalue weighted by Crippen LogP contribution is 2.20. The molecule has 0 aliphatic carbocycles. The van der Waals surface area contributed by atoms with Crippen molar-refractivity contribution in [1.29, 1.82) is 0 Å². The van der Waals surface area contributed by atoms with Crippen molar-refractivity contribution < 1.29 is 14.3 Å². The zero-order chi connectivity index (χ0) is 10.7. The lowest BCUT2D eigenvalue weighted by molar-refractivity contribution is 0.0691. The molecule has 0 aliphatic rings. The Morgan fingerprint density at radius 1 is 1.57 bits per heavy atom. The SMILES string of the molecule is CSCc1ccc(C(=O)O)c(F)c1C. The minimum atomic E-state index is -1.22. The molecule has 2 nitrogen and oxygen atoms in total. The smallest absolute Gasteiger partial charge is 0.338 e. The summed E-state index contributed by atoms with van der Waals surface area (Å²) in [7, 11) is 0. The Kier molecular flexibility index (Phi) is 3.52. The molecule has 14 heavy (non-hydrogen) atoms. The Morgan fingerprint density at radius 2 is 2.21 bits per heavy atom. The second-order valence-corrected chi connectivity index (χ2v) is 3.82. The summed E-state index contributed by atoms with van der Waals surface area (Å²) in [6, 6.07) is 2.98. The van der Waals surface area contributed by atoms with Crippen LogP contribution in [0, 0.1) is 12.7 Å². The molecule has 0 bridgehead atoms. The summed E-state index contributed by atoms with van der Waals surface area (Å²) < 4.78 is 13.4. The molecular formula is C10H11FO2S. The number of halogens is 1. The number of rotatable bonds is 3. The third-order valence-electron chi connectivity index (χ3n) is 2.03. The van der Waals surface area contributed by atoms with Crippen molar-refractivity contribution in [2.24, 2.45) is 0 Å². The lowest BCUT2D eigenvalue weighted by Gasteiger charge is -2.07. The standard InChI is InChI=1S/C10H11FO2S/c1-6-7(5-14-2)3-4-8(9(6)11)10(12)13/h3-4H,5H2,1-2H3,(H,12,13). The van der Waals surface area contributed by atoms with Gasteiger partial charge < -0.3 is 5.11 Å². The molecule has 1 N–H and O–H groups in total. The number of benzene rings is 1. The van der Waals surface area contributed by atoms with Crippen LogP contribution in [-0.2, 0) is 5.75 Å². The number of carbonyl (C=O) groups is 1. The average molecular weight is 214 g/mol. The summed E-state index contributed by atoms with van der Waals surface area (Å²) >= 11 is 1.58. The average Bonchev–Trinajstić information content (AvgIpc) is 2.13. The van der Waals surface area contributed by atoms with Crippen molar-refractivity contribution in [3.05, 3.63) is 34.6 Å². The van der Waals surface area contributed by atoms with Crippen LogP contribution in [-0.4, -0.2) is 17.3 Å². The normalized spacial score (nSPS) is 10.2.